The second kappa shape index (κ2) is 5.49. The van der Waals surface area contributed by atoms with Crippen LogP contribution in [0.5, 0.6) is 5.75 Å². The molecule has 1 atom stereocenters. The number of aromatic nitrogens is 1. The summed E-state index contributed by atoms with van der Waals surface area (Å²) in [5.41, 5.74) is 2.65. The van der Waals surface area contributed by atoms with Crippen molar-refractivity contribution in [2.75, 3.05) is 6.54 Å². The van der Waals surface area contributed by atoms with E-state index >= 15 is 0 Å². The molecule has 1 aromatic carbocycles. The third-order valence-corrected chi connectivity index (χ3v) is 3.59. The van der Waals surface area contributed by atoms with Gasteiger partial charge >= 0.3 is 0 Å². The zero-order valence-corrected chi connectivity index (χ0v) is 11.3. The van der Waals surface area contributed by atoms with Gasteiger partial charge in [-0.05, 0) is 30.3 Å². The molecule has 3 rings (SSSR count). The molecule has 1 aromatic heterocycles. The SMILES string of the molecule is CCNCc1cccn1CC1Cc2ccccc2O1. The summed E-state index contributed by atoms with van der Waals surface area (Å²) in [4.78, 5) is 0. The third kappa shape index (κ3) is 2.66. The molecule has 19 heavy (non-hydrogen) atoms. The van der Waals surface area contributed by atoms with Crippen molar-refractivity contribution in [1.29, 1.82) is 0 Å². The number of fused-ring (bicyclic) bond motifs is 1. The molecular weight excluding hydrogens is 236 g/mol. The molecule has 1 N–H and O–H groups in total. The number of hydrogen-bond donors (Lipinski definition) is 1. The van der Waals surface area contributed by atoms with E-state index in [4.69, 9.17) is 4.74 Å². The van der Waals surface area contributed by atoms with E-state index in [-0.39, 0.29) is 6.10 Å². The highest BCUT2D eigenvalue weighted by molar-refractivity contribution is 5.37. The summed E-state index contributed by atoms with van der Waals surface area (Å²) in [5, 5.41) is 3.37. The van der Waals surface area contributed by atoms with E-state index in [0.29, 0.717) is 0 Å². The fraction of sp³-hybridized carbons (Fsp3) is 0.375. The van der Waals surface area contributed by atoms with E-state index < -0.39 is 0 Å². The molecule has 0 saturated carbocycles. The Hall–Kier alpha value is -1.74. The zero-order valence-electron chi connectivity index (χ0n) is 11.3. The van der Waals surface area contributed by atoms with Gasteiger partial charge in [0.2, 0.25) is 0 Å². The van der Waals surface area contributed by atoms with Gasteiger partial charge in [-0.2, -0.15) is 0 Å². The largest absolute Gasteiger partial charge is 0.488 e. The minimum absolute atomic E-state index is 0.255. The first-order valence-electron chi connectivity index (χ1n) is 6.96. The molecule has 3 heteroatoms. The van der Waals surface area contributed by atoms with Crippen LogP contribution >= 0.6 is 0 Å². The van der Waals surface area contributed by atoms with Crippen LogP contribution in [-0.4, -0.2) is 17.2 Å². The van der Waals surface area contributed by atoms with Crippen molar-refractivity contribution in [3.05, 3.63) is 53.9 Å². The van der Waals surface area contributed by atoms with Crippen LogP contribution in [0.15, 0.2) is 42.6 Å². The molecule has 0 spiro atoms. The number of ether oxygens (including phenoxy) is 1. The van der Waals surface area contributed by atoms with Crippen LogP contribution in [0.25, 0.3) is 0 Å². The first-order valence-corrected chi connectivity index (χ1v) is 6.96. The van der Waals surface area contributed by atoms with Crippen LogP contribution in [0.3, 0.4) is 0 Å². The first kappa shape index (κ1) is 12.3. The maximum atomic E-state index is 6.00. The van der Waals surface area contributed by atoms with E-state index in [2.05, 4.69) is 53.3 Å². The zero-order chi connectivity index (χ0) is 13.1. The van der Waals surface area contributed by atoms with Crippen molar-refractivity contribution in [3.8, 4) is 5.75 Å². The monoisotopic (exact) mass is 256 g/mol. The quantitative estimate of drug-likeness (QED) is 0.890. The van der Waals surface area contributed by atoms with Gasteiger partial charge in [-0.25, -0.2) is 0 Å². The van der Waals surface area contributed by atoms with Crippen molar-refractivity contribution in [2.24, 2.45) is 0 Å². The summed E-state index contributed by atoms with van der Waals surface area (Å²) < 4.78 is 8.29. The van der Waals surface area contributed by atoms with Gasteiger partial charge in [-0.3, -0.25) is 0 Å². The number of rotatable bonds is 5. The average molecular weight is 256 g/mol. The van der Waals surface area contributed by atoms with Gasteiger partial charge in [0, 0.05) is 24.9 Å². The number of nitrogens with one attached hydrogen (secondary N) is 1. The second-order valence-corrected chi connectivity index (χ2v) is 4.98. The summed E-state index contributed by atoms with van der Waals surface area (Å²) in [7, 11) is 0. The van der Waals surface area contributed by atoms with Crippen molar-refractivity contribution >= 4 is 0 Å². The normalized spacial score (nSPS) is 17.2. The molecule has 3 nitrogen and oxygen atoms in total. The third-order valence-electron chi connectivity index (χ3n) is 3.59. The minimum atomic E-state index is 0.255. The highest BCUT2D eigenvalue weighted by Crippen LogP contribution is 2.28. The molecule has 100 valence electrons. The molecule has 0 bridgehead atoms. The summed E-state index contributed by atoms with van der Waals surface area (Å²) >= 11 is 0. The van der Waals surface area contributed by atoms with Crippen molar-refractivity contribution in [3.63, 3.8) is 0 Å². The Kier molecular flexibility index (Phi) is 3.56. The number of hydrogen-bond acceptors (Lipinski definition) is 2. The maximum absolute atomic E-state index is 6.00. The molecule has 2 heterocycles. The Morgan fingerprint density at radius 3 is 3.00 bits per heavy atom. The molecule has 2 aromatic rings. The summed E-state index contributed by atoms with van der Waals surface area (Å²) in [6.07, 6.45) is 3.40. The van der Waals surface area contributed by atoms with Crippen LogP contribution < -0.4 is 10.1 Å². The van der Waals surface area contributed by atoms with Gasteiger partial charge in [-0.1, -0.05) is 25.1 Å². The van der Waals surface area contributed by atoms with Crippen molar-refractivity contribution < 1.29 is 4.74 Å². The first-order chi connectivity index (χ1) is 9.36. The standard InChI is InChI=1S/C16H20N2O/c1-2-17-11-14-7-5-9-18(14)12-15-10-13-6-3-4-8-16(13)19-15/h3-9,15,17H,2,10-12H2,1H3. The van der Waals surface area contributed by atoms with Crippen molar-refractivity contribution in [1.82, 2.24) is 9.88 Å². The lowest BCUT2D eigenvalue weighted by atomic mass is 10.1. The lowest BCUT2D eigenvalue weighted by Crippen LogP contribution is -2.23. The number of nitrogens with zero attached hydrogens (tertiary/aromatic N) is 1. The highest BCUT2D eigenvalue weighted by atomic mass is 16.5. The Labute approximate surface area is 114 Å². The molecule has 1 unspecified atom stereocenters. The lowest BCUT2D eigenvalue weighted by molar-refractivity contribution is 0.208. The maximum Gasteiger partial charge on any atom is 0.123 e. The smallest absolute Gasteiger partial charge is 0.123 e. The van der Waals surface area contributed by atoms with E-state index in [1.807, 2.05) is 6.07 Å². The molecule has 0 aliphatic carbocycles. The summed E-state index contributed by atoms with van der Waals surface area (Å²) in [6.45, 7) is 4.96. The fourth-order valence-corrected chi connectivity index (χ4v) is 2.62. The summed E-state index contributed by atoms with van der Waals surface area (Å²) in [6, 6.07) is 12.6. The van der Waals surface area contributed by atoms with Crippen LogP contribution in [0, 0.1) is 0 Å². The van der Waals surface area contributed by atoms with Gasteiger partial charge in [-0.15, -0.1) is 0 Å². The van der Waals surface area contributed by atoms with Gasteiger partial charge in [0.15, 0.2) is 0 Å². The minimum Gasteiger partial charge on any atom is -0.488 e. The highest BCUT2D eigenvalue weighted by Gasteiger charge is 2.22. The fourth-order valence-electron chi connectivity index (χ4n) is 2.62. The predicted octanol–water partition coefficient (Wildman–Crippen LogP) is 2.60. The Bertz CT molecular complexity index is 522. The van der Waals surface area contributed by atoms with Crippen LogP contribution in [-0.2, 0) is 19.5 Å². The number of benzene rings is 1. The molecule has 0 amide bonds. The molecule has 1 aliphatic heterocycles. The van der Waals surface area contributed by atoms with Crippen LogP contribution in [0.1, 0.15) is 18.2 Å². The average Bonchev–Trinajstić information content (AvgIpc) is 3.02. The van der Waals surface area contributed by atoms with Crippen LogP contribution in [0.2, 0.25) is 0 Å². The molecule has 0 radical (unpaired) electrons. The predicted molar refractivity (Wildman–Crippen MR) is 76.4 cm³/mol. The molecule has 0 fully saturated rings. The van der Waals surface area contributed by atoms with Gasteiger partial charge in [0.1, 0.15) is 11.9 Å². The second-order valence-electron chi connectivity index (χ2n) is 4.98. The molecular formula is C16H20N2O. The van der Waals surface area contributed by atoms with Gasteiger partial charge in [0.05, 0.1) is 6.54 Å². The topological polar surface area (TPSA) is 26.2 Å². The molecule has 1 aliphatic rings. The molecule has 0 saturated heterocycles. The van der Waals surface area contributed by atoms with E-state index in [1.165, 1.54) is 11.3 Å². The van der Waals surface area contributed by atoms with E-state index in [9.17, 15) is 0 Å². The Morgan fingerprint density at radius 2 is 2.16 bits per heavy atom. The number of para-hydroxylation sites is 1. The van der Waals surface area contributed by atoms with Crippen molar-refractivity contribution in [2.45, 2.75) is 32.5 Å². The van der Waals surface area contributed by atoms with Gasteiger partial charge in [0.25, 0.3) is 0 Å². The summed E-state index contributed by atoms with van der Waals surface area (Å²) in [5.74, 6) is 1.05. The van der Waals surface area contributed by atoms with Gasteiger partial charge < -0.3 is 14.6 Å². The van der Waals surface area contributed by atoms with E-state index in [0.717, 1.165) is 31.8 Å². The van der Waals surface area contributed by atoms with Crippen LogP contribution in [0.4, 0.5) is 0 Å². The van der Waals surface area contributed by atoms with E-state index in [1.54, 1.807) is 0 Å². The lowest BCUT2D eigenvalue weighted by Gasteiger charge is -2.15. The Balaban J connectivity index is 1.66. The Morgan fingerprint density at radius 1 is 1.26 bits per heavy atom.